The third kappa shape index (κ3) is 4.88. The molecule has 0 aromatic heterocycles. The molecule has 0 fully saturated rings. The highest BCUT2D eigenvalue weighted by Crippen LogP contribution is 2.33. The average Bonchev–Trinajstić information content (AvgIpc) is 2.72. The van der Waals surface area contributed by atoms with Crippen LogP contribution in [0.4, 0.5) is 11.4 Å². The van der Waals surface area contributed by atoms with E-state index in [1.165, 1.54) is 36.1 Å². The maximum atomic E-state index is 12.3. The molecular formula is C21H19N3O6. The van der Waals surface area contributed by atoms with Gasteiger partial charge in [-0.2, -0.15) is 0 Å². The Morgan fingerprint density at radius 2 is 1.93 bits per heavy atom. The van der Waals surface area contributed by atoms with E-state index < -0.39 is 29.4 Å². The van der Waals surface area contributed by atoms with E-state index >= 15 is 0 Å². The first-order chi connectivity index (χ1) is 14.3. The van der Waals surface area contributed by atoms with Crippen molar-refractivity contribution in [2.24, 2.45) is 0 Å². The lowest BCUT2D eigenvalue weighted by Gasteiger charge is -2.32. The van der Waals surface area contributed by atoms with E-state index in [1.54, 1.807) is 12.3 Å². The molecular weight excluding hydrogens is 390 g/mol. The third-order valence-electron chi connectivity index (χ3n) is 4.53. The Hall–Kier alpha value is -4.01. The maximum absolute atomic E-state index is 12.3. The monoisotopic (exact) mass is 409 g/mol. The predicted octanol–water partition coefficient (Wildman–Crippen LogP) is 3.04. The number of carbonyl (C=O) groups is 3. The first kappa shape index (κ1) is 20.7. The molecule has 0 saturated carbocycles. The summed E-state index contributed by atoms with van der Waals surface area (Å²) in [5.41, 5.74) is 1.77. The molecule has 30 heavy (non-hydrogen) atoms. The molecule has 2 aromatic rings. The van der Waals surface area contributed by atoms with Gasteiger partial charge in [0.1, 0.15) is 0 Å². The Labute approximate surface area is 172 Å². The minimum Gasteiger partial charge on any atom is -0.455 e. The zero-order valence-corrected chi connectivity index (χ0v) is 16.1. The van der Waals surface area contributed by atoms with Crippen molar-refractivity contribution in [3.63, 3.8) is 0 Å². The van der Waals surface area contributed by atoms with E-state index in [2.05, 4.69) is 5.32 Å². The van der Waals surface area contributed by atoms with Crippen LogP contribution in [0.25, 0.3) is 6.08 Å². The number of rotatable bonds is 6. The number of nitro groups is 1. The minimum atomic E-state index is -0.648. The molecule has 0 unspecified atom stereocenters. The summed E-state index contributed by atoms with van der Waals surface area (Å²) in [5, 5.41) is 13.2. The van der Waals surface area contributed by atoms with Crippen molar-refractivity contribution in [3.8, 4) is 0 Å². The van der Waals surface area contributed by atoms with Crippen LogP contribution in [-0.4, -0.2) is 34.2 Å². The van der Waals surface area contributed by atoms with Crippen LogP contribution in [0.2, 0.25) is 0 Å². The first-order valence-electron chi connectivity index (χ1n) is 9.11. The molecule has 0 radical (unpaired) electrons. The minimum absolute atomic E-state index is 0.120. The van der Waals surface area contributed by atoms with Gasteiger partial charge in [0.25, 0.3) is 11.6 Å². The highest BCUT2D eigenvalue weighted by Gasteiger charge is 2.29. The molecule has 3 rings (SSSR count). The normalized spacial score (nSPS) is 14.6. The van der Waals surface area contributed by atoms with Crippen LogP contribution >= 0.6 is 0 Å². The van der Waals surface area contributed by atoms with Crippen LogP contribution in [0.1, 0.15) is 30.5 Å². The lowest BCUT2D eigenvalue weighted by Crippen LogP contribution is -2.33. The Morgan fingerprint density at radius 3 is 2.67 bits per heavy atom. The molecule has 1 N–H and O–H groups in total. The molecule has 0 saturated heterocycles. The fraction of sp³-hybridized carbons (Fsp3) is 0.190. The Kier molecular flexibility index (Phi) is 6.21. The summed E-state index contributed by atoms with van der Waals surface area (Å²) in [6.45, 7) is 0.856. The number of nitrogens with zero attached hydrogens (tertiary/aromatic N) is 2. The summed E-state index contributed by atoms with van der Waals surface area (Å²) in [6, 6.07) is 12.3. The molecule has 1 atom stereocenters. The van der Waals surface area contributed by atoms with Crippen molar-refractivity contribution >= 4 is 35.2 Å². The van der Waals surface area contributed by atoms with Gasteiger partial charge in [-0.25, -0.2) is 0 Å². The summed E-state index contributed by atoms with van der Waals surface area (Å²) >= 11 is 0. The lowest BCUT2D eigenvalue weighted by atomic mass is 9.94. The smallest absolute Gasteiger partial charge is 0.308 e. The Morgan fingerprint density at radius 1 is 1.17 bits per heavy atom. The van der Waals surface area contributed by atoms with Crippen molar-refractivity contribution in [1.82, 2.24) is 4.90 Å². The van der Waals surface area contributed by atoms with Crippen LogP contribution in [0, 0.1) is 10.1 Å². The standard InChI is InChI=1S/C21H19N3O6/c1-14(25)23-10-9-15-5-2-3-8-18(15)19(23)12-21(27)30-13-20(26)22-16-6-4-7-17(11-16)24(28)29/h2-11,19H,12-13H2,1H3,(H,22,26)/t19-/m1/s1. The van der Waals surface area contributed by atoms with E-state index in [9.17, 15) is 24.5 Å². The maximum Gasteiger partial charge on any atom is 0.308 e. The summed E-state index contributed by atoms with van der Waals surface area (Å²) in [4.78, 5) is 48.0. The SMILES string of the molecule is CC(=O)N1C=Cc2ccccc2[C@H]1CC(=O)OCC(=O)Nc1cccc([N+](=O)[O-])c1. The van der Waals surface area contributed by atoms with Crippen LogP contribution < -0.4 is 5.32 Å². The number of hydrogen-bond acceptors (Lipinski definition) is 6. The average molecular weight is 409 g/mol. The number of hydrogen-bond donors (Lipinski definition) is 1. The zero-order chi connectivity index (χ0) is 21.7. The molecule has 154 valence electrons. The molecule has 0 bridgehead atoms. The highest BCUT2D eigenvalue weighted by atomic mass is 16.6. The Balaban J connectivity index is 1.60. The summed E-state index contributed by atoms with van der Waals surface area (Å²) in [6.07, 6.45) is 3.30. The second kappa shape index (κ2) is 8.99. The van der Waals surface area contributed by atoms with Gasteiger partial charge in [-0.05, 0) is 23.3 Å². The summed E-state index contributed by atoms with van der Waals surface area (Å²) in [7, 11) is 0. The van der Waals surface area contributed by atoms with Gasteiger partial charge in [-0.3, -0.25) is 24.5 Å². The van der Waals surface area contributed by atoms with Crippen LogP contribution in [0.15, 0.2) is 54.7 Å². The quantitative estimate of drug-likeness (QED) is 0.445. The van der Waals surface area contributed by atoms with Gasteiger partial charge >= 0.3 is 5.97 Å². The van der Waals surface area contributed by atoms with Gasteiger partial charge in [0.2, 0.25) is 5.91 Å². The second-order valence-electron chi connectivity index (χ2n) is 6.61. The molecule has 9 nitrogen and oxygen atoms in total. The largest absolute Gasteiger partial charge is 0.455 e. The van der Waals surface area contributed by atoms with Crippen molar-refractivity contribution in [2.75, 3.05) is 11.9 Å². The number of esters is 1. The number of benzene rings is 2. The molecule has 2 amide bonds. The third-order valence-corrected chi connectivity index (χ3v) is 4.53. The second-order valence-corrected chi connectivity index (χ2v) is 6.61. The summed E-state index contributed by atoms with van der Waals surface area (Å²) < 4.78 is 5.05. The molecule has 1 aliphatic heterocycles. The van der Waals surface area contributed by atoms with Crippen molar-refractivity contribution in [3.05, 3.63) is 76.0 Å². The van der Waals surface area contributed by atoms with Crippen molar-refractivity contribution in [2.45, 2.75) is 19.4 Å². The lowest BCUT2D eigenvalue weighted by molar-refractivity contribution is -0.384. The van der Waals surface area contributed by atoms with E-state index in [0.29, 0.717) is 0 Å². The van der Waals surface area contributed by atoms with Gasteiger partial charge in [-0.1, -0.05) is 30.3 Å². The Bertz CT molecular complexity index is 1030. The molecule has 9 heteroatoms. The first-order valence-corrected chi connectivity index (χ1v) is 9.11. The zero-order valence-electron chi connectivity index (χ0n) is 16.1. The highest BCUT2D eigenvalue weighted by molar-refractivity contribution is 5.93. The van der Waals surface area contributed by atoms with Gasteiger partial charge in [0.05, 0.1) is 17.4 Å². The van der Waals surface area contributed by atoms with E-state index in [4.69, 9.17) is 4.74 Å². The number of nitro benzene ring substituents is 1. The van der Waals surface area contributed by atoms with E-state index in [1.807, 2.05) is 24.3 Å². The fourth-order valence-electron chi connectivity index (χ4n) is 3.17. The number of non-ortho nitro benzene ring substituents is 1. The summed E-state index contributed by atoms with van der Waals surface area (Å²) in [5.74, 6) is -1.50. The van der Waals surface area contributed by atoms with Gasteiger partial charge in [0.15, 0.2) is 6.61 Å². The van der Waals surface area contributed by atoms with Crippen molar-refractivity contribution < 1.29 is 24.0 Å². The molecule has 2 aromatic carbocycles. The molecule has 0 aliphatic carbocycles. The van der Waals surface area contributed by atoms with Gasteiger partial charge < -0.3 is 15.0 Å². The topological polar surface area (TPSA) is 119 Å². The van der Waals surface area contributed by atoms with Crippen LogP contribution in [0.5, 0.6) is 0 Å². The number of fused-ring (bicyclic) bond motifs is 1. The number of amides is 2. The fourth-order valence-corrected chi connectivity index (χ4v) is 3.17. The molecule has 1 heterocycles. The number of carbonyl (C=O) groups excluding carboxylic acids is 3. The molecule has 0 spiro atoms. The number of ether oxygens (including phenoxy) is 1. The molecule has 1 aliphatic rings. The number of anilines is 1. The van der Waals surface area contributed by atoms with Gasteiger partial charge in [-0.15, -0.1) is 0 Å². The van der Waals surface area contributed by atoms with Crippen LogP contribution in [-0.2, 0) is 19.1 Å². The predicted molar refractivity (Wildman–Crippen MR) is 108 cm³/mol. The van der Waals surface area contributed by atoms with Crippen molar-refractivity contribution in [1.29, 1.82) is 0 Å². The van der Waals surface area contributed by atoms with Gasteiger partial charge in [0, 0.05) is 30.9 Å². The van der Waals surface area contributed by atoms with E-state index in [0.717, 1.165) is 11.1 Å². The number of nitrogens with one attached hydrogen (secondary N) is 1. The van der Waals surface area contributed by atoms with E-state index in [-0.39, 0.29) is 23.7 Å². The van der Waals surface area contributed by atoms with Crippen LogP contribution in [0.3, 0.4) is 0 Å².